The first-order valence-electron chi connectivity index (χ1n) is 5.90. The van der Waals surface area contributed by atoms with Gasteiger partial charge in [-0.05, 0) is 25.0 Å². The van der Waals surface area contributed by atoms with Gasteiger partial charge in [-0.25, -0.2) is 0 Å². The van der Waals surface area contributed by atoms with Crippen LogP contribution in [0.5, 0.6) is 0 Å². The summed E-state index contributed by atoms with van der Waals surface area (Å²) in [6.45, 7) is 1.15. The monoisotopic (exact) mass is 234 g/mol. The number of nitrogens with one attached hydrogen (secondary N) is 2. The van der Waals surface area contributed by atoms with E-state index < -0.39 is 5.54 Å². The van der Waals surface area contributed by atoms with Crippen LogP contribution in [0.3, 0.4) is 0 Å². The molecule has 0 aliphatic carbocycles. The van der Waals surface area contributed by atoms with Crippen LogP contribution in [-0.2, 0) is 9.53 Å². The van der Waals surface area contributed by atoms with Crippen molar-refractivity contribution < 1.29 is 9.53 Å². The van der Waals surface area contributed by atoms with E-state index in [-0.39, 0.29) is 5.91 Å². The maximum Gasteiger partial charge on any atom is 0.247 e. The Morgan fingerprint density at radius 3 is 2.71 bits per heavy atom. The molecule has 1 aliphatic heterocycles. The van der Waals surface area contributed by atoms with Crippen molar-refractivity contribution in [3.05, 3.63) is 30.3 Å². The first kappa shape index (κ1) is 11.9. The van der Waals surface area contributed by atoms with Crippen molar-refractivity contribution in [3.63, 3.8) is 0 Å². The van der Waals surface area contributed by atoms with Gasteiger partial charge in [0.1, 0.15) is 5.54 Å². The van der Waals surface area contributed by atoms with Crippen LogP contribution in [0.2, 0.25) is 0 Å². The topological polar surface area (TPSA) is 50.4 Å². The van der Waals surface area contributed by atoms with Gasteiger partial charge in [0.25, 0.3) is 0 Å². The summed E-state index contributed by atoms with van der Waals surface area (Å²) >= 11 is 0. The summed E-state index contributed by atoms with van der Waals surface area (Å²) in [5.41, 5.74) is 0.315. The first-order chi connectivity index (χ1) is 8.27. The van der Waals surface area contributed by atoms with Crippen LogP contribution in [0.1, 0.15) is 12.8 Å². The highest BCUT2D eigenvalue weighted by Gasteiger charge is 2.39. The molecule has 4 nitrogen and oxygen atoms in total. The second-order valence-electron chi connectivity index (χ2n) is 4.31. The van der Waals surface area contributed by atoms with Crippen LogP contribution in [0.4, 0.5) is 5.69 Å². The number of anilines is 1. The molecule has 1 amide bonds. The lowest BCUT2D eigenvalue weighted by atomic mass is 9.91. The molecular formula is C13H18N2O2. The smallest absolute Gasteiger partial charge is 0.247 e. The molecule has 1 heterocycles. The molecule has 1 aromatic carbocycles. The van der Waals surface area contributed by atoms with E-state index in [1.807, 2.05) is 30.3 Å². The van der Waals surface area contributed by atoms with E-state index in [9.17, 15) is 4.79 Å². The largest absolute Gasteiger partial charge is 0.378 e. The second kappa shape index (κ2) is 5.19. The van der Waals surface area contributed by atoms with Gasteiger partial charge in [0.15, 0.2) is 0 Å². The van der Waals surface area contributed by atoms with Crippen molar-refractivity contribution in [3.8, 4) is 0 Å². The predicted molar refractivity (Wildman–Crippen MR) is 66.9 cm³/mol. The van der Waals surface area contributed by atoms with Crippen LogP contribution in [0, 0.1) is 0 Å². The fraction of sp³-hybridized carbons (Fsp3) is 0.462. The molecule has 1 aliphatic rings. The second-order valence-corrected chi connectivity index (χ2v) is 4.31. The Bertz CT molecular complexity index is 372. The van der Waals surface area contributed by atoms with Crippen LogP contribution in [-0.4, -0.2) is 31.7 Å². The fourth-order valence-electron chi connectivity index (χ4n) is 2.17. The summed E-state index contributed by atoms with van der Waals surface area (Å²) in [6.07, 6.45) is 1.69. The number of carbonyl (C=O) groups excluding carboxylic acids is 1. The van der Waals surface area contributed by atoms with Gasteiger partial charge in [0.05, 0.1) is 6.61 Å². The first-order valence-corrected chi connectivity index (χ1v) is 5.90. The minimum Gasteiger partial charge on any atom is -0.378 e. The highest BCUT2D eigenvalue weighted by Crippen LogP contribution is 2.24. The molecule has 2 N–H and O–H groups in total. The summed E-state index contributed by atoms with van der Waals surface area (Å²) in [5.74, 6) is -0.0129. The summed E-state index contributed by atoms with van der Waals surface area (Å²) < 4.78 is 5.46. The van der Waals surface area contributed by atoms with Crippen molar-refractivity contribution in [2.45, 2.75) is 18.4 Å². The number of carbonyl (C=O) groups is 1. The van der Waals surface area contributed by atoms with E-state index in [0.29, 0.717) is 6.61 Å². The average molecular weight is 234 g/mol. The maximum absolute atomic E-state index is 12.0. The molecule has 0 radical (unpaired) electrons. The van der Waals surface area contributed by atoms with Gasteiger partial charge in [-0.15, -0.1) is 0 Å². The Morgan fingerprint density at radius 1 is 1.35 bits per heavy atom. The molecule has 0 bridgehead atoms. The molecule has 1 saturated heterocycles. The summed E-state index contributed by atoms with van der Waals surface area (Å²) in [7, 11) is 1.66. The van der Waals surface area contributed by atoms with Crippen LogP contribution >= 0.6 is 0 Å². The molecule has 17 heavy (non-hydrogen) atoms. The zero-order chi connectivity index (χ0) is 12.1. The molecule has 0 aromatic heterocycles. The van der Waals surface area contributed by atoms with E-state index in [2.05, 4.69) is 10.6 Å². The average Bonchev–Trinajstić information content (AvgIpc) is 2.40. The van der Waals surface area contributed by atoms with Gasteiger partial charge in [0, 0.05) is 19.3 Å². The molecular weight excluding hydrogens is 216 g/mol. The summed E-state index contributed by atoms with van der Waals surface area (Å²) in [4.78, 5) is 12.0. The zero-order valence-electron chi connectivity index (χ0n) is 10.0. The Hall–Kier alpha value is -1.55. The molecule has 1 aromatic rings. The number of ether oxygens (including phenoxy) is 1. The van der Waals surface area contributed by atoms with E-state index >= 15 is 0 Å². The van der Waals surface area contributed by atoms with Crippen molar-refractivity contribution in [2.24, 2.45) is 0 Å². The molecule has 1 fully saturated rings. The molecule has 0 spiro atoms. The minimum absolute atomic E-state index is 0.0129. The number of likely N-dealkylation sites (N-methyl/N-ethyl adjacent to an activating group) is 1. The van der Waals surface area contributed by atoms with Crippen LogP contribution in [0.25, 0.3) is 0 Å². The predicted octanol–water partition coefficient (Wildman–Crippen LogP) is 1.39. The molecule has 1 atom stereocenters. The van der Waals surface area contributed by atoms with Crippen LogP contribution < -0.4 is 10.6 Å². The van der Waals surface area contributed by atoms with Gasteiger partial charge in [-0.2, -0.15) is 0 Å². The number of amides is 1. The molecule has 2 rings (SSSR count). The zero-order valence-corrected chi connectivity index (χ0v) is 10.0. The lowest BCUT2D eigenvalue weighted by molar-refractivity contribution is -0.129. The summed E-state index contributed by atoms with van der Waals surface area (Å²) in [6, 6.07) is 9.76. The maximum atomic E-state index is 12.0. The standard InChI is InChI=1S/C13H18N2O2/c1-14-12(16)13(8-5-9-17-10-13)15-11-6-3-2-4-7-11/h2-4,6-7,15H,5,8-10H2,1H3,(H,14,16). The highest BCUT2D eigenvalue weighted by molar-refractivity contribution is 5.89. The highest BCUT2D eigenvalue weighted by atomic mass is 16.5. The molecule has 0 saturated carbocycles. The van der Waals surface area contributed by atoms with E-state index in [1.165, 1.54) is 0 Å². The van der Waals surface area contributed by atoms with Gasteiger partial charge >= 0.3 is 0 Å². The Labute approximate surface area is 101 Å². The van der Waals surface area contributed by atoms with Crippen molar-refractivity contribution >= 4 is 11.6 Å². The Balaban J connectivity index is 2.19. The molecule has 4 heteroatoms. The number of rotatable bonds is 3. The van der Waals surface area contributed by atoms with Crippen molar-refractivity contribution in [2.75, 3.05) is 25.6 Å². The third-order valence-corrected chi connectivity index (χ3v) is 3.06. The van der Waals surface area contributed by atoms with Crippen molar-refractivity contribution in [1.82, 2.24) is 5.32 Å². The summed E-state index contributed by atoms with van der Waals surface area (Å²) in [5, 5.41) is 6.02. The van der Waals surface area contributed by atoms with E-state index in [4.69, 9.17) is 4.74 Å². The van der Waals surface area contributed by atoms with E-state index in [1.54, 1.807) is 7.05 Å². The van der Waals surface area contributed by atoms with Gasteiger partial charge in [-0.1, -0.05) is 18.2 Å². The normalized spacial score (nSPS) is 24.1. The number of hydrogen-bond donors (Lipinski definition) is 2. The fourth-order valence-corrected chi connectivity index (χ4v) is 2.17. The Kier molecular flexibility index (Phi) is 3.64. The third kappa shape index (κ3) is 2.58. The lowest BCUT2D eigenvalue weighted by Crippen LogP contribution is -2.56. The quantitative estimate of drug-likeness (QED) is 0.831. The molecule has 1 unspecified atom stereocenters. The third-order valence-electron chi connectivity index (χ3n) is 3.06. The van der Waals surface area contributed by atoms with Gasteiger partial charge < -0.3 is 15.4 Å². The van der Waals surface area contributed by atoms with Gasteiger partial charge in [-0.3, -0.25) is 4.79 Å². The number of hydrogen-bond acceptors (Lipinski definition) is 3. The SMILES string of the molecule is CNC(=O)C1(Nc2ccccc2)CCCOC1. The molecule has 92 valence electrons. The van der Waals surface area contributed by atoms with E-state index in [0.717, 1.165) is 25.1 Å². The minimum atomic E-state index is -0.631. The van der Waals surface area contributed by atoms with Crippen molar-refractivity contribution in [1.29, 1.82) is 0 Å². The number of benzene rings is 1. The van der Waals surface area contributed by atoms with Gasteiger partial charge in [0.2, 0.25) is 5.91 Å². The lowest BCUT2D eigenvalue weighted by Gasteiger charge is -2.36. The van der Waals surface area contributed by atoms with Crippen LogP contribution in [0.15, 0.2) is 30.3 Å². The number of para-hydroxylation sites is 1. The Morgan fingerprint density at radius 2 is 2.12 bits per heavy atom.